The van der Waals surface area contributed by atoms with E-state index in [-0.39, 0.29) is 47.3 Å². The van der Waals surface area contributed by atoms with E-state index in [1.807, 2.05) is 0 Å². The SMILES string of the molecule is C[C@H](CO)N1C[C@H](C)[C@@H](CN(C)S(=O)(=O)c2ccc(Cl)cc2)Oc2c(NC(=O)Nc3ccc(C(F)(F)F)cc3)cccc2C1=O. The highest BCUT2D eigenvalue weighted by atomic mass is 35.5. The first-order chi connectivity index (χ1) is 21.1. The topological polar surface area (TPSA) is 128 Å². The molecule has 0 radical (unpaired) electrons. The average molecular weight is 669 g/mol. The van der Waals surface area contributed by atoms with Crippen LogP contribution < -0.4 is 15.4 Å². The van der Waals surface area contributed by atoms with Gasteiger partial charge in [-0.25, -0.2) is 13.2 Å². The third-order valence-electron chi connectivity index (χ3n) is 7.37. The quantitative estimate of drug-likeness (QED) is 0.289. The zero-order valence-electron chi connectivity index (χ0n) is 24.5. The van der Waals surface area contributed by atoms with Crippen LogP contribution in [0, 0.1) is 5.92 Å². The Hall–Kier alpha value is -3.85. The summed E-state index contributed by atoms with van der Waals surface area (Å²) in [7, 11) is -2.58. The number of nitrogens with zero attached hydrogens (tertiary/aromatic N) is 2. The Morgan fingerprint density at radius 3 is 2.36 bits per heavy atom. The predicted molar refractivity (Wildman–Crippen MR) is 163 cm³/mol. The van der Waals surface area contributed by atoms with Crippen LogP contribution in [-0.2, 0) is 16.2 Å². The summed E-state index contributed by atoms with van der Waals surface area (Å²) in [4.78, 5) is 28.1. The van der Waals surface area contributed by atoms with Crippen LogP contribution in [0.3, 0.4) is 0 Å². The number of aliphatic hydroxyl groups is 1. The fourth-order valence-corrected chi connectivity index (χ4v) is 6.03. The first-order valence-electron chi connectivity index (χ1n) is 13.8. The molecule has 3 amide bonds. The number of benzene rings is 3. The van der Waals surface area contributed by atoms with Crippen LogP contribution in [0.15, 0.2) is 71.6 Å². The van der Waals surface area contributed by atoms with Gasteiger partial charge in [-0.2, -0.15) is 17.5 Å². The fourth-order valence-electron chi connectivity index (χ4n) is 4.72. The van der Waals surface area contributed by atoms with E-state index in [1.165, 1.54) is 54.4 Å². The number of rotatable bonds is 8. The van der Waals surface area contributed by atoms with Gasteiger partial charge in [0.1, 0.15) is 6.10 Å². The van der Waals surface area contributed by atoms with E-state index < -0.39 is 51.8 Å². The van der Waals surface area contributed by atoms with Crippen molar-refractivity contribution in [3.63, 3.8) is 0 Å². The lowest BCUT2D eigenvalue weighted by molar-refractivity contribution is -0.137. The number of halogens is 4. The number of amides is 3. The highest BCUT2D eigenvalue weighted by molar-refractivity contribution is 7.89. The molecule has 0 saturated carbocycles. The summed E-state index contributed by atoms with van der Waals surface area (Å²) in [5, 5.41) is 15.3. The molecule has 10 nitrogen and oxygen atoms in total. The molecule has 0 spiro atoms. The molecule has 3 aromatic rings. The van der Waals surface area contributed by atoms with Gasteiger partial charge in [-0.3, -0.25) is 4.79 Å². The van der Waals surface area contributed by atoms with Crippen molar-refractivity contribution < 1.29 is 41.0 Å². The summed E-state index contributed by atoms with van der Waals surface area (Å²) in [5.74, 6) is -0.965. The van der Waals surface area contributed by atoms with Gasteiger partial charge in [0, 0.05) is 30.2 Å². The summed E-state index contributed by atoms with van der Waals surface area (Å²) in [6, 6.07) is 12.6. The van der Waals surface area contributed by atoms with Gasteiger partial charge in [0.25, 0.3) is 5.91 Å². The van der Waals surface area contributed by atoms with E-state index in [2.05, 4.69) is 10.6 Å². The number of likely N-dealkylation sites (N-methyl/N-ethyl adjacent to an activating group) is 1. The highest BCUT2D eigenvalue weighted by Crippen LogP contribution is 2.36. The monoisotopic (exact) mass is 668 g/mol. The Bertz CT molecular complexity index is 1640. The minimum Gasteiger partial charge on any atom is -0.486 e. The zero-order chi connectivity index (χ0) is 33.1. The molecule has 3 atom stereocenters. The van der Waals surface area contributed by atoms with Crippen molar-refractivity contribution in [2.45, 2.75) is 37.1 Å². The minimum absolute atomic E-state index is 0.0151. The molecule has 0 saturated heterocycles. The first-order valence-corrected chi connectivity index (χ1v) is 15.6. The standard InChI is InChI=1S/C30H32ClF3N4O6S/c1-18-15-38(19(2)17-39)28(40)24-5-4-6-25(36-29(41)35-22-11-7-20(8-12-22)30(32,33)34)27(24)44-26(18)16-37(3)45(42,43)23-13-9-21(31)10-14-23/h4-14,18-19,26,39H,15-17H2,1-3H3,(H2,35,36,41)/t18-,19+,26+/m0/s1. The van der Waals surface area contributed by atoms with Crippen molar-refractivity contribution in [1.82, 2.24) is 9.21 Å². The number of hydrogen-bond donors (Lipinski definition) is 3. The van der Waals surface area contributed by atoms with Crippen LogP contribution in [0.25, 0.3) is 0 Å². The van der Waals surface area contributed by atoms with E-state index in [1.54, 1.807) is 13.8 Å². The number of para-hydroxylation sites is 1. The van der Waals surface area contributed by atoms with Crippen LogP contribution in [0.4, 0.5) is 29.3 Å². The maximum atomic E-state index is 13.7. The molecule has 45 heavy (non-hydrogen) atoms. The number of alkyl halides is 3. The number of urea groups is 1. The number of aliphatic hydroxyl groups excluding tert-OH is 1. The van der Waals surface area contributed by atoms with Crippen molar-refractivity contribution >= 4 is 44.9 Å². The molecule has 242 valence electrons. The number of nitrogens with one attached hydrogen (secondary N) is 2. The number of ether oxygens (including phenoxy) is 1. The number of hydrogen-bond acceptors (Lipinski definition) is 6. The molecule has 0 aromatic heterocycles. The fraction of sp³-hybridized carbons (Fsp3) is 0.333. The second-order valence-electron chi connectivity index (χ2n) is 10.7. The molecule has 3 N–H and O–H groups in total. The van der Waals surface area contributed by atoms with Crippen LogP contribution in [0.1, 0.15) is 29.8 Å². The van der Waals surface area contributed by atoms with E-state index in [9.17, 15) is 36.3 Å². The van der Waals surface area contributed by atoms with Crippen molar-refractivity contribution in [2.24, 2.45) is 5.92 Å². The van der Waals surface area contributed by atoms with E-state index in [0.717, 1.165) is 28.6 Å². The largest absolute Gasteiger partial charge is 0.486 e. The molecule has 1 aliphatic rings. The number of carbonyl (C=O) groups excluding carboxylic acids is 2. The van der Waals surface area contributed by atoms with E-state index >= 15 is 0 Å². The maximum Gasteiger partial charge on any atom is 0.416 e. The molecular formula is C30H32ClF3N4O6S. The molecule has 4 rings (SSSR count). The predicted octanol–water partition coefficient (Wildman–Crippen LogP) is 5.54. The number of carbonyl (C=O) groups is 2. The van der Waals surface area contributed by atoms with Gasteiger partial charge in [-0.05, 0) is 67.6 Å². The lowest BCUT2D eigenvalue weighted by Crippen LogP contribution is -2.50. The van der Waals surface area contributed by atoms with Gasteiger partial charge in [-0.1, -0.05) is 24.6 Å². The van der Waals surface area contributed by atoms with Crippen molar-refractivity contribution in [1.29, 1.82) is 0 Å². The first kappa shape index (κ1) is 34.0. The zero-order valence-corrected chi connectivity index (χ0v) is 26.1. The van der Waals surface area contributed by atoms with Gasteiger partial charge >= 0.3 is 12.2 Å². The molecule has 0 bridgehead atoms. The average Bonchev–Trinajstić information content (AvgIpc) is 2.98. The van der Waals surface area contributed by atoms with Gasteiger partial charge in [-0.15, -0.1) is 0 Å². The van der Waals surface area contributed by atoms with Crippen LogP contribution >= 0.6 is 11.6 Å². The summed E-state index contributed by atoms with van der Waals surface area (Å²) in [6.07, 6.45) is -5.37. The van der Waals surface area contributed by atoms with Crippen LogP contribution in [-0.4, -0.2) is 73.6 Å². The van der Waals surface area contributed by atoms with Crippen molar-refractivity contribution in [2.75, 3.05) is 37.4 Å². The van der Waals surface area contributed by atoms with Crippen molar-refractivity contribution in [3.05, 3.63) is 82.9 Å². The van der Waals surface area contributed by atoms with Gasteiger partial charge in [0.2, 0.25) is 10.0 Å². The molecule has 0 aliphatic carbocycles. The van der Waals surface area contributed by atoms with Crippen LogP contribution in [0.2, 0.25) is 5.02 Å². The Morgan fingerprint density at radius 2 is 1.76 bits per heavy atom. The lowest BCUT2D eigenvalue weighted by Gasteiger charge is -2.38. The number of sulfonamides is 1. The van der Waals surface area contributed by atoms with Gasteiger partial charge in [0.05, 0.1) is 40.9 Å². The molecule has 0 fully saturated rings. The normalized spacial score (nSPS) is 18.0. The number of anilines is 2. The smallest absolute Gasteiger partial charge is 0.416 e. The van der Waals surface area contributed by atoms with Gasteiger partial charge in [0.15, 0.2) is 5.75 Å². The Labute approximate surface area is 263 Å². The van der Waals surface area contributed by atoms with E-state index in [4.69, 9.17) is 16.3 Å². The third kappa shape index (κ3) is 7.87. The number of fused-ring (bicyclic) bond motifs is 1. The molecule has 0 unspecified atom stereocenters. The van der Waals surface area contributed by atoms with Crippen LogP contribution in [0.5, 0.6) is 5.75 Å². The minimum atomic E-state index is -4.54. The third-order valence-corrected chi connectivity index (χ3v) is 9.46. The highest BCUT2D eigenvalue weighted by Gasteiger charge is 2.36. The molecule has 1 aliphatic heterocycles. The summed E-state index contributed by atoms with van der Waals surface area (Å²) >= 11 is 5.93. The molecule has 1 heterocycles. The second-order valence-corrected chi connectivity index (χ2v) is 13.2. The maximum absolute atomic E-state index is 13.7. The molecule has 15 heteroatoms. The second kappa shape index (κ2) is 13.6. The molecule has 3 aromatic carbocycles. The molecular weight excluding hydrogens is 637 g/mol. The van der Waals surface area contributed by atoms with E-state index in [0.29, 0.717) is 5.02 Å². The van der Waals surface area contributed by atoms with Gasteiger partial charge < -0.3 is 25.4 Å². The Morgan fingerprint density at radius 1 is 1.11 bits per heavy atom. The summed E-state index contributed by atoms with van der Waals surface area (Å²) in [6.45, 7) is 3.09. The summed E-state index contributed by atoms with van der Waals surface area (Å²) < 4.78 is 73.0. The Kier molecular flexibility index (Phi) is 10.3. The lowest BCUT2D eigenvalue weighted by atomic mass is 9.99. The summed E-state index contributed by atoms with van der Waals surface area (Å²) in [5.41, 5.74) is -0.679. The van der Waals surface area contributed by atoms with Crippen molar-refractivity contribution in [3.8, 4) is 5.75 Å². The Balaban J connectivity index is 1.65.